The second-order valence-corrected chi connectivity index (χ2v) is 3.68. The summed E-state index contributed by atoms with van der Waals surface area (Å²) in [4.78, 5) is 9.62. The third-order valence-corrected chi connectivity index (χ3v) is 2.76. The van der Waals surface area contributed by atoms with E-state index in [1.165, 1.54) is 4.72 Å². The van der Waals surface area contributed by atoms with Crippen LogP contribution in [0, 0.1) is 0 Å². The Bertz CT molecular complexity index is 244. The van der Waals surface area contributed by atoms with E-state index in [9.17, 15) is 13.2 Å². The van der Waals surface area contributed by atoms with Gasteiger partial charge in [-0.3, -0.25) is 9.52 Å². The fourth-order valence-electron chi connectivity index (χ4n) is 0.178. The van der Waals surface area contributed by atoms with Crippen molar-refractivity contribution in [2.45, 2.75) is 0 Å². The van der Waals surface area contributed by atoms with Crippen LogP contribution in [0.5, 0.6) is 0 Å². The summed E-state index contributed by atoms with van der Waals surface area (Å²) in [5.74, 6) is 0. The van der Waals surface area contributed by atoms with Crippen molar-refractivity contribution in [1.82, 2.24) is 4.72 Å². The van der Waals surface area contributed by atoms with Crippen LogP contribution in [0.2, 0.25) is 0 Å². The third kappa shape index (κ3) is 2.55. The van der Waals surface area contributed by atoms with Gasteiger partial charge in [-0.1, -0.05) is 23.2 Å². The molecule has 0 aromatic carbocycles. The summed E-state index contributed by atoms with van der Waals surface area (Å²) < 4.78 is 21.9. The molecule has 1 N–H and O–H groups in total. The summed E-state index contributed by atoms with van der Waals surface area (Å²) in [7, 11) is -3.88. The zero-order chi connectivity index (χ0) is 8.20. The number of sulfonamides is 1. The number of nitrogens with one attached hydrogen (secondary N) is 1. The van der Waals surface area contributed by atoms with Gasteiger partial charge in [0.2, 0.25) is 6.41 Å². The number of carbonyl (C=O) groups excluding carboxylic acids is 1. The maximum Gasteiger partial charge on any atom is 0.275 e. The van der Waals surface area contributed by atoms with Gasteiger partial charge in [0.15, 0.2) is 4.36 Å². The van der Waals surface area contributed by atoms with Gasteiger partial charge in [0.25, 0.3) is 10.0 Å². The van der Waals surface area contributed by atoms with Gasteiger partial charge in [-0.05, 0) is 0 Å². The zero-order valence-electron chi connectivity index (χ0n) is 4.54. The zero-order valence-corrected chi connectivity index (χ0v) is 6.87. The minimum Gasteiger partial charge on any atom is -0.278 e. The first-order chi connectivity index (χ1) is 4.54. The van der Waals surface area contributed by atoms with Crippen LogP contribution in [0.1, 0.15) is 0 Å². The summed E-state index contributed by atoms with van der Waals surface area (Å²) in [6.07, 6.45) is -0.00188. The molecule has 0 bridgehead atoms. The molecular weight excluding hydrogens is 201 g/mol. The Balaban J connectivity index is 4.59. The largest absolute Gasteiger partial charge is 0.278 e. The first-order valence-corrected chi connectivity index (χ1v) is 4.26. The molecule has 58 valence electrons. The Kier molecular flexibility index (Phi) is 3.70. The summed E-state index contributed by atoms with van der Waals surface area (Å²) in [6, 6.07) is 0. The molecule has 4 nitrogen and oxygen atoms in total. The number of hydrogen-bond acceptors (Lipinski definition) is 3. The van der Waals surface area contributed by atoms with Gasteiger partial charge < -0.3 is 0 Å². The van der Waals surface area contributed by atoms with E-state index < -0.39 is 14.4 Å². The molecule has 0 radical (unpaired) electrons. The summed E-state index contributed by atoms with van der Waals surface area (Å²) in [5.41, 5.74) is 0.646. The van der Waals surface area contributed by atoms with Crippen LogP contribution in [0.15, 0.2) is 9.90 Å². The molecule has 0 aliphatic carbocycles. The first kappa shape index (κ1) is 9.74. The highest BCUT2D eigenvalue weighted by molar-refractivity contribution is 7.95. The predicted octanol–water partition coefficient (Wildman–Crippen LogP) is 0.339. The van der Waals surface area contributed by atoms with E-state index in [1.54, 1.807) is 0 Å². The average molecular weight is 204 g/mol. The van der Waals surface area contributed by atoms with Crippen molar-refractivity contribution >= 4 is 39.6 Å². The molecular formula is C3H3Cl2NO3S. The lowest BCUT2D eigenvalue weighted by Gasteiger charge is -1.95. The van der Waals surface area contributed by atoms with Crippen LogP contribution in [-0.4, -0.2) is 14.8 Å². The van der Waals surface area contributed by atoms with Crippen molar-refractivity contribution in [2.75, 3.05) is 0 Å². The Morgan fingerprint density at radius 2 is 2.00 bits per heavy atom. The van der Waals surface area contributed by atoms with Gasteiger partial charge in [-0.25, -0.2) is 8.42 Å². The molecule has 0 saturated carbocycles. The lowest BCUT2D eigenvalue weighted by molar-refractivity contribution is -0.108. The minimum absolute atomic E-state index is 0.00188. The molecule has 0 heterocycles. The number of hydrogen-bond donors (Lipinski definition) is 1. The molecule has 0 aliphatic rings. The minimum atomic E-state index is -3.88. The molecule has 0 aromatic heterocycles. The second kappa shape index (κ2) is 3.80. The topological polar surface area (TPSA) is 63.2 Å². The van der Waals surface area contributed by atoms with E-state index in [4.69, 9.17) is 23.2 Å². The molecule has 7 heteroatoms. The molecule has 1 amide bonds. The van der Waals surface area contributed by atoms with Gasteiger partial charge in [0.05, 0.1) is 0 Å². The highest BCUT2D eigenvalue weighted by Crippen LogP contribution is 2.09. The Morgan fingerprint density at radius 1 is 1.50 bits per heavy atom. The van der Waals surface area contributed by atoms with Crippen molar-refractivity contribution in [3.63, 3.8) is 0 Å². The third-order valence-electron chi connectivity index (χ3n) is 0.546. The molecule has 0 unspecified atom stereocenters. The van der Waals surface area contributed by atoms with Gasteiger partial charge in [0, 0.05) is 5.54 Å². The lowest BCUT2D eigenvalue weighted by Crippen LogP contribution is -2.21. The molecule has 0 spiro atoms. The average Bonchev–Trinajstić information content (AvgIpc) is 1.86. The second-order valence-electron chi connectivity index (χ2n) is 1.15. The molecule has 0 saturated heterocycles. The van der Waals surface area contributed by atoms with E-state index in [1.807, 2.05) is 0 Å². The lowest BCUT2D eigenvalue weighted by atomic mass is 11.2. The molecule has 0 aliphatic heterocycles. The van der Waals surface area contributed by atoms with Crippen LogP contribution in [-0.2, 0) is 14.8 Å². The standard InChI is InChI=1S/C3H3Cl2NO3S/c4-1-3(5)10(8,9)6-2-7/h1-2H,(H,6,7). The number of carbonyl (C=O) groups is 1. The molecule has 0 fully saturated rings. The van der Waals surface area contributed by atoms with E-state index in [0.717, 1.165) is 0 Å². The van der Waals surface area contributed by atoms with E-state index in [-0.39, 0.29) is 6.41 Å². The summed E-state index contributed by atoms with van der Waals surface area (Å²) in [6.45, 7) is 0. The van der Waals surface area contributed by atoms with E-state index >= 15 is 0 Å². The van der Waals surface area contributed by atoms with Crippen LogP contribution in [0.3, 0.4) is 0 Å². The Labute approximate surface area is 67.9 Å². The monoisotopic (exact) mass is 203 g/mol. The molecule has 0 aromatic rings. The normalized spacial score (nSPS) is 12.8. The predicted molar refractivity (Wildman–Crippen MR) is 37.9 cm³/mol. The SMILES string of the molecule is O=CNS(=O)(=O)C(Cl)=CCl. The van der Waals surface area contributed by atoms with Gasteiger partial charge in [0.1, 0.15) is 0 Å². The van der Waals surface area contributed by atoms with Gasteiger partial charge in [-0.15, -0.1) is 0 Å². The van der Waals surface area contributed by atoms with Gasteiger partial charge >= 0.3 is 0 Å². The Morgan fingerprint density at radius 3 is 2.30 bits per heavy atom. The smallest absolute Gasteiger partial charge is 0.275 e. The maximum absolute atomic E-state index is 10.5. The molecule has 10 heavy (non-hydrogen) atoms. The highest BCUT2D eigenvalue weighted by Gasteiger charge is 2.12. The van der Waals surface area contributed by atoms with Crippen LogP contribution in [0.25, 0.3) is 0 Å². The van der Waals surface area contributed by atoms with Crippen LogP contribution < -0.4 is 4.72 Å². The van der Waals surface area contributed by atoms with Crippen molar-refractivity contribution in [2.24, 2.45) is 0 Å². The number of amides is 1. The fraction of sp³-hybridized carbons (Fsp3) is 0. The van der Waals surface area contributed by atoms with Crippen molar-refractivity contribution in [1.29, 1.82) is 0 Å². The van der Waals surface area contributed by atoms with Crippen molar-refractivity contribution in [3.8, 4) is 0 Å². The van der Waals surface area contributed by atoms with Crippen LogP contribution in [0.4, 0.5) is 0 Å². The van der Waals surface area contributed by atoms with Gasteiger partial charge in [-0.2, -0.15) is 0 Å². The first-order valence-electron chi connectivity index (χ1n) is 1.96. The molecule has 0 rings (SSSR count). The number of halogens is 2. The summed E-state index contributed by atoms with van der Waals surface area (Å²) >= 11 is 10.00. The maximum atomic E-state index is 10.5. The van der Waals surface area contributed by atoms with E-state index in [0.29, 0.717) is 5.54 Å². The fourth-order valence-corrected chi connectivity index (χ4v) is 1.02. The van der Waals surface area contributed by atoms with E-state index in [2.05, 4.69) is 0 Å². The quantitative estimate of drug-likeness (QED) is 0.674. The Hall–Kier alpha value is -0.260. The highest BCUT2D eigenvalue weighted by atomic mass is 35.5. The molecule has 0 atom stereocenters. The van der Waals surface area contributed by atoms with Crippen molar-refractivity contribution < 1.29 is 13.2 Å². The van der Waals surface area contributed by atoms with Crippen LogP contribution >= 0.6 is 23.2 Å². The summed E-state index contributed by atoms with van der Waals surface area (Å²) in [5, 5.41) is 0. The van der Waals surface area contributed by atoms with Crippen molar-refractivity contribution in [3.05, 3.63) is 9.90 Å². The number of rotatable bonds is 3.